The van der Waals surface area contributed by atoms with E-state index in [-0.39, 0.29) is 0 Å². The zero-order valence-electron chi connectivity index (χ0n) is 18.0. The maximum atomic E-state index is 13.1. The number of piperidine rings is 1. The molecule has 1 aliphatic rings. The molecule has 8 heteroatoms. The first kappa shape index (κ1) is 21.5. The monoisotopic (exact) mass is 452 g/mol. The van der Waals surface area contributed by atoms with Gasteiger partial charge in [-0.3, -0.25) is 0 Å². The number of aliphatic hydroxyl groups is 1. The maximum Gasteiger partial charge on any atom is 0.416 e. The summed E-state index contributed by atoms with van der Waals surface area (Å²) in [5.74, 6) is 1.38. The van der Waals surface area contributed by atoms with Crippen LogP contribution in [0.4, 0.5) is 19.0 Å². The number of rotatable bonds is 3. The summed E-state index contributed by atoms with van der Waals surface area (Å²) >= 11 is 0. The van der Waals surface area contributed by atoms with Crippen molar-refractivity contribution in [3.8, 4) is 11.3 Å². The van der Waals surface area contributed by atoms with Gasteiger partial charge in [0.15, 0.2) is 5.82 Å². The molecular weight excluding hydrogens is 429 g/mol. The molecule has 5 nitrogen and oxygen atoms in total. The van der Waals surface area contributed by atoms with Crippen molar-refractivity contribution in [1.29, 1.82) is 0 Å². The number of hydrogen-bond acceptors (Lipinski definition) is 4. The Morgan fingerprint density at radius 3 is 2.39 bits per heavy atom. The van der Waals surface area contributed by atoms with Gasteiger partial charge in [-0.05, 0) is 49.1 Å². The fourth-order valence-corrected chi connectivity index (χ4v) is 4.47. The Bertz CT molecular complexity index is 1290. The lowest BCUT2D eigenvalue weighted by atomic mass is 9.83. The largest absolute Gasteiger partial charge is 0.416 e. The molecule has 1 fully saturated rings. The van der Waals surface area contributed by atoms with Crippen LogP contribution in [0.3, 0.4) is 0 Å². The number of nitrogens with one attached hydrogen (secondary N) is 1. The topological polar surface area (TPSA) is 65.0 Å². The van der Waals surface area contributed by atoms with E-state index in [9.17, 15) is 18.3 Å². The molecule has 0 radical (unpaired) electrons. The van der Waals surface area contributed by atoms with E-state index in [4.69, 9.17) is 0 Å². The predicted octanol–water partition coefficient (Wildman–Crippen LogP) is 5.44. The highest BCUT2D eigenvalue weighted by Crippen LogP contribution is 2.38. The predicted molar refractivity (Wildman–Crippen MR) is 121 cm³/mol. The summed E-state index contributed by atoms with van der Waals surface area (Å²) in [5.41, 5.74) is 1.82. The number of aromatic nitrogens is 3. The number of H-pyrrole nitrogens is 1. The Morgan fingerprint density at radius 1 is 0.970 bits per heavy atom. The average Bonchev–Trinajstić information content (AvgIpc) is 3.23. The highest BCUT2D eigenvalue weighted by atomic mass is 19.4. The molecule has 2 aromatic heterocycles. The third-order valence-electron chi connectivity index (χ3n) is 6.27. The molecule has 33 heavy (non-hydrogen) atoms. The normalized spacial score (nSPS) is 16.3. The minimum Gasteiger partial charge on any atom is -0.385 e. The number of anilines is 1. The standard InChI is InChI=1S/C25H23F3N4O/c1-16-29-21-15-20(17-6-3-2-4-7-17)31-22(21)23(30-16)32-12-10-24(33,11-13-32)18-8-5-9-19(14-18)25(26,27)28/h2-9,14-15,31,33H,10-13H2,1H3. The SMILES string of the molecule is Cc1nc(N2CCC(O)(c3cccc(C(F)(F)F)c3)CC2)c2[nH]c(-c3ccccc3)cc2n1. The Hall–Kier alpha value is -3.39. The summed E-state index contributed by atoms with van der Waals surface area (Å²) in [7, 11) is 0. The van der Waals surface area contributed by atoms with Crippen LogP contribution in [0, 0.1) is 6.92 Å². The number of fused-ring (bicyclic) bond motifs is 1. The summed E-state index contributed by atoms with van der Waals surface area (Å²) in [4.78, 5) is 14.7. The number of hydrogen-bond donors (Lipinski definition) is 2. The van der Waals surface area contributed by atoms with Crippen molar-refractivity contribution in [2.75, 3.05) is 18.0 Å². The van der Waals surface area contributed by atoms with Crippen molar-refractivity contribution < 1.29 is 18.3 Å². The third-order valence-corrected chi connectivity index (χ3v) is 6.27. The van der Waals surface area contributed by atoms with Crippen LogP contribution in [-0.4, -0.2) is 33.1 Å². The Kier molecular flexibility index (Phi) is 5.12. The van der Waals surface area contributed by atoms with Crippen molar-refractivity contribution in [2.45, 2.75) is 31.5 Å². The molecule has 5 rings (SSSR count). The molecular formula is C25H23F3N4O. The van der Waals surface area contributed by atoms with Crippen molar-refractivity contribution in [1.82, 2.24) is 15.0 Å². The first-order chi connectivity index (χ1) is 15.7. The second-order valence-corrected chi connectivity index (χ2v) is 8.50. The molecule has 0 amide bonds. The summed E-state index contributed by atoms with van der Waals surface area (Å²) in [6.07, 6.45) is -3.85. The number of halogens is 3. The van der Waals surface area contributed by atoms with Crippen LogP contribution >= 0.6 is 0 Å². The van der Waals surface area contributed by atoms with Crippen LogP contribution in [0.25, 0.3) is 22.3 Å². The first-order valence-corrected chi connectivity index (χ1v) is 10.8. The number of aryl methyl sites for hydroxylation is 1. The average molecular weight is 452 g/mol. The molecule has 4 aromatic rings. The van der Waals surface area contributed by atoms with Crippen molar-refractivity contribution >= 4 is 16.9 Å². The molecule has 2 aromatic carbocycles. The smallest absolute Gasteiger partial charge is 0.385 e. The van der Waals surface area contributed by atoms with Crippen LogP contribution in [0.2, 0.25) is 0 Å². The van der Waals surface area contributed by atoms with Gasteiger partial charge in [0, 0.05) is 18.8 Å². The second-order valence-electron chi connectivity index (χ2n) is 8.50. The van der Waals surface area contributed by atoms with E-state index >= 15 is 0 Å². The van der Waals surface area contributed by atoms with Crippen LogP contribution < -0.4 is 4.90 Å². The van der Waals surface area contributed by atoms with E-state index in [1.54, 1.807) is 6.07 Å². The lowest BCUT2D eigenvalue weighted by Crippen LogP contribution is -2.43. The quantitative estimate of drug-likeness (QED) is 0.435. The zero-order valence-corrected chi connectivity index (χ0v) is 18.0. The molecule has 0 aliphatic carbocycles. The lowest BCUT2D eigenvalue weighted by molar-refractivity contribution is -0.137. The molecule has 0 spiro atoms. The van der Waals surface area contributed by atoms with E-state index in [1.807, 2.05) is 43.3 Å². The third kappa shape index (κ3) is 4.06. The number of benzene rings is 2. The molecule has 0 atom stereocenters. The summed E-state index contributed by atoms with van der Waals surface area (Å²) in [5, 5.41) is 11.2. The van der Waals surface area contributed by atoms with Gasteiger partial charge in [-0.1, -0.05) is 42.5 Å². The van der Waals surface area contributed by atoms with Gasteiger partial charge >= 0.3 is 6.18 Å². The molecule has 3 heterocycles. The highest BCUT2D eigenvalue weighted by molar-refractivity contribution is 5.90. The van der Waals surface area contributed by atoms with E-state index in [0.717, 1.165) is 40.2 Å². The van der Waals surface area contributed by atoms with Crippen LogP contribution in [0.5, 0.6) is 0 Å². The van der Waals surface area contributed by atoms with Gasteiger partial charge in [-0.2, -0.15) is 13.2 Å². The van der Waals surface area contributed by atoms with Crippen molar-refractivity contribution in [3.63, 3.8) is 0 Å². The van der Waals surface area contributed by atoms with E-state index in [0.29, 0.717) is 37.3 Å². The van der Waals surface area contributed by atoms with Gasteiger partial charge in [0.05, 0.1) is 16.7 Å². The summed E-state index contributed by atoms with van der Waals surface area (Å²) < 4.78 is 39.4. The molecule has 2 N–H and O–H groups in total. The van der Waals surface area contributed by atoms with Gasteiger partial charge in [-0.15, -0.1) is 0 Å². The van der Waals surface area contributed by atoms with Crippen molar-refractivity contribution in [2.24, 2.45) is 0 Å². The number of nitrogens with zero attached hydrogens (tertiary/aromatic N) is 3. The Balaban J connectivity index is 1.43. The van der Waals surface area contributed by atoms with Crippen LogP contribution in [-0.2, 0) is 11.8 Å². The van der Waals surface area contributed by atoms with E-state index in [1.165, 1.54) is 6.07 Å². The van der Waals surface area contributed by atoms with Crippen LogP contribution in [0.1, 0.15) is 29.8 Å². The van der Waals surface area contributed by atoms with Gasteiger partial charge in [0.25, 0.3) is 0 Å². The minimum absolute atomic E-state index is 0.297. The van der Waals surface area contributed by atoms with Gasteiger partial charge < -0.3 is 15.0 Å². The molecule has 0 saturated carbocycles. The van der Waals surface area contributed by atoms with Crippen molar-refractivity contribution in [3.05, 3.63) is 77.6 Å². The maximum absolute atomic E-state index is 13.1. The Morgan fingerprint density at radius 2 is 1.70 bits per heavy atom. The number of aromatic amines is 1. The Labute approximate surface area is 188 Å². The highest BCUT2D eigenvalue weighted by Gasteiger charge is 2.37. The molecule has 0 bridgehead atoms. The van der Waals surface area contributed by atoms with E-state index in [2.05, 4.69) is 19.9 Å². The fourth-order valence-electron chi connectivity index (χ4n) is 4.47. The lowest BCUT2D eigenvalue weighted by Gasteiger charge is -2.39. The summed E-state index contributed by atoms with van der Waals surface area (Å²) in [6.45, 7) is 2.75. The fraction of sp³-hybridized carbons (Fsp3) is 0.280. The van der Waals surface area contributed by atoms with Gasteiger partial charge in [0.2, 0.25) is 0 Å². The minimum atomic E-state index is -4.44. The number of alkyl halides is 3. The zero-order chi connectivity index (χ0) is 23.2. The van der Waals surface area contributed by atoms with E-state index < -0.39 is 17.3 Å². The first-order valence-electron chi connectivity index (χ1n) is 10.8. The molecule has 1 aliphatic heterocycles. The van der Waals surface area contributed by atoms with Gasteiger partial charge in [0.1, 0.15) is 11.3 Å². The second kappa shape index (κ2) is 7.88. The molecule has 0 unspecified atom stereocenters. The summed E-state index contributed by atoms with van der Waals surface area (Å²) in [6, 6.07) is 16.9. The molecule has 1 saturated heterocycles. The van der Waals surface area contributed by atoms with Crippen LogP contribution in [0.15, 0.2) is 60.7 Å². The molecule has 170 valence electrons. The van der Waals surface area contributed by atoms with Gasteiger partial charge in [-0.25, -0.2) is 9.97 Å².